The molecule has 1 aromatic heterocycles. The molecule has 4 aliphatic rings. The summed E-state index contributed by atoms with van der Waals surface area (Å²) < 4.78 is 1.90. The van der Waals surface area contributed by atoms with Gasteiger partial charge in [0.2, 0.25) is 0 Å². The lowest BCUT2D eigenvalue weighted by Gasteiger charge is -2.60. The van der Waals surface area contributed by atoms with Crippen LogP contribution in [0.15, 0.2) is 30.3 Å². The number of anilines is 1. The topological polar surface area (TPSA) is 50.1 Å². The summed E-state index contributed by atoms with van der Waals surface area (Å²) in [7, 11) is 0. The number of rotatable bonds is 2. The van der Waals surface area contributed by atoms with Crippen LogP contribution in [0, 0.1) is 29.1 Å². The molecule has 4 aliphatic carbocycles. The van der Waals surface area contributed by atoms with Crippen molar-refractivity contribution in [1.82, 2.24) is 9.78 Å². The van der Waals surface area contributed by atoms with E-state index in [9.17, 15) is 5.11 Å². The van der Waals surface area contributed by atoms with E-state index in [-0.39, 0.29) is 11.5 Å². The van der Waals surface area contributed by atoms with Gasteiger partial charge in [0.25, 0.3) is 0 Å². The van der Waals surface area contributed by atoms with Crippen molar-refractivity contribution in [3.8, 4) is 0 Å². The number of aromatic nitrogens is 2. The maximum Gasteiger partial charge on any atom is 0.198 e. The fourth-order valence-corrected chi connectivity index (χ4v) is 9.15. The first kappa shape index (κ1) is 23.0. The molecule has 0 radical (unpaired) electrons. The first-order chi connectivity index (χ1) is 16.3. The van der Waals surface area contributed by atoms with Crippen LogP contribution in [0.5, 0.6) is 0 Å². The number of aliphatic hydroxyl groups excluding tert-OH is 1. The lowest BCUT2D eigenvalue weighted by atomic mass is 9.45. The standard InChI is InChI=1S/C28H36ClN3OS/c1-27-12-10-19(33)14-17(27)8-9-20-22(27)11-13-28(2)23(20)15-21-24(16-29)32(31-25(21)28)26(34)30-18-6-4-3-5-7-18/h3-7,17,19-20,22-23,33H,8-16H2,1-2H3,(H,30,34)/t17-,19-,20+,22-,23-,27-,28-/m0/s1. The molecule has 2 aromatic rings. The number of hydrogen-bond acceptors (Lipinski definition) is 3. The molecule has 1 aromatic carbocycles. The van der Waals surface area contributed by atoms with Crippen LogP contribution in [0.3, 0.4) is 0 Å². The SMILES string of the molecule is C[C@]12CC[C@H](O)C[C@@H]1CC[C@@H]1[C@@H]2CC[C@]2(C)c3nn(C(=S)Nc4ccccc4)c(CCl)c3C[C@@H]12. The van der Waals surface area contributed by atoms with E-state index in [4.69, 9.17) is 28.9 Å². The second-order valence-corrected chi connectivity index (χ2v) is 12.5. The van der Waals surface area contributed by atoms with Crippen molar-refractivity contribution in [3.05, 3.63) is 47.3 Å². The Balaban J connectivity index is 1.30. The van der Waals surface area contributed by atoms with Gasteiger partial charge in [0.15, 0.2) is 5.11 Å². The van der Waals surface area contributed by atoms with Crippen LogP contribution < -0.4 is 5.32 Å². The number of alkyl halides is 1. The summed E-state index contributed by atoms with van der Waals surface area (Å²) in [5, 5.41) is 19.4. The molecular weight excluding hydrogens is 462 g/mol. The molecule has 6 heteroatoms. The Bertz CT molecular complexity index is 1100. The fourth-order valence-electron chi connectivity index (χ4n) is 8.61. The zero-order valence-electron chi connectivity index (χ0n) is 20.3. The average molecular weight is 498 g/mol. The smallest absolute Gasteiger partial charge is 0.198 e. The number of aliphatic hydroxyl groups is 1. The maximum atomic E-state index is 10.3. The molecule has 0 saturated heterocycles. The van der Waals surface area contributed by atoms with E-state index >= 15 is 0 Å². The maximum absolute atomic E-state index is 10.3. The van der Waals surface area contributed by atoms with Crippen LogP contribution in [0.2, 0.25) is 0 Å². The number of nitrogens with zero attached hydrogens (tertiary/aromatic N) is 2. The molecular formula is C28H36ClN3OS. The molecule has 34 heavy (non-hydrogen) atoms. The molecule has 0 spiro atoms. The zero-order chi connectivity index (χ0) is 23.7. The zero-order valence-corrected chi connectivity index (χ0v) is 21.8. The van der Waals surface area contributed by atoms with Gasteiger partial charge in [-0.15, -0.1) is 11.6 Å². The highest BCUT2D eigenvalue weighted by Gasteiger charge is 2.60. The second-order valence-electron chi connectivity index (χ2n) is 11.9. The van der Waals surface area contributed by atoms with Crippen molar-refractivity contribution in [2.24, 2.45) is 29.1 Å². The summed E-state index contributed by atoms with van der Waals surface area (Å²) in [4.78, 5) is 0. The molecule has 1 heterocycles. The van der Waals surface area contributed by atoms with Gasteiger partial charge in [0.05, 0.1) is 23.4 Å². The van der Waals surface area contributed by atoms with Gasteiger partial charge < -0.3 is 10.4 Å². The minimum atomic E-state index is -0.0839. The van der Waals surface area contributed by atoms with E-state index in [1.807, 2.05) is 35.0 Å². The summed E-state index contributed by atoms with van der Waals surface area (Å²) >= 11 is 12.3. The Hall–Kier alpha value is -1.43. The summed E-state index contributed by atoms with van der Waals surface area (Å²) in [6, 6.07) is 10.0. The molecule has 0 amide bonds. The minimum Gasteiger partial charge on any atom is -0.393 e. The predicted octanol–water partition coefficient (Wildman–Crippen LogP) is 6.28. The van der Waals surface area contributed by atoms with Crippen molar-refractivity contribution in [2.45, 2.75) is 82.6 Å². The molecule has 3 saturated carbocycles. The highest BCUT2D eigenvalue weighted by molar-refractivity contribution is 7.80. The lowest BCUT2D eigenvalue weighted by Crippen LogP contribution is -2.54. The monoisotopic (exact) mass is 497 g/mol. The molecule has 7 atom stereocenters. The van der Waals surface area contributed by atoms with Crippen molar-refractivity contribution in [1.29, 1.82) is 0 Å². The highest BCUT2D eigenvalue weighted by atomic mass is 35.5. The molecule has 4 nitrogen and oxygen atoms in total. The lowest BCUT2D eigenvalue weighted by molar-refractivity contribution is -0.111. The van der Waals surface area contributed by atoms with Crippen LogP contribution in [0.25, 0.3) is 0 Å². The van der Waals surface area contributed by atoms with E-state index in [2.05, 4.69) is 19.2 Å². The van der Waals surface area contributed by atoms with Gasteiger partial charge in [-0.3, -0.25) is 0 Å². The first-order valence-electron chi connectivity index (χ1n) is 13.1. The van der Waals surface area contributed by atoms with Gasteiger partial charge in [-0.1, -0.05) is 32.0 Å². The quantitative estimate of drug-likeness (QED) is 0.378. The number of benzene rings is 1. The number of nitrogens with one attached hydrogen (secondary N) is 1. The third-order valence-electron chi connectivity index (χ3n) is 10.4. The van der Waals surface area contributed by atoms with Crippen molar-refractivity contribution in [2.75, 3.05) is 5.32 Å². The summed E-state index contributed by atoms with van der Waals surface area (Å²) in [6.45, 7) is 5.01. The molecule has 182 valence electrons. The Kier molecular flexibility index (Phi) is 5.62. The van der Waals surface area contributed by atoms with Gasteiger partial charge in [0, 0.05) is 11.1 Å². The number of halogens is 1. The molecule has 6 rings (SSSR count). The Morgan fingerprint density at radius 1 is 1.15 bits per heavy atom. The van der Waals surface area contributed by atoms with Crippen LogP contribution in [0.4, 0.5) is 5.69 Å². The van der Waals surface area contributed by atoms with E-state index in [0.717, 1.165) is 42.5 Å². The van der Waals surface area contributed by atoms with Crippen molar-refractivity contribution in [3.63, 3.8) is 0 Å². The van der Waals surface area contributed by atoms with Crippen molar-refractivity contribution >= 4 is 34.6 Å². The molecule has 0 aliphatic heterocycles. The third-order valence-corrected chi connectivity index (χ3v) is 11.0. The van der Waals surface area contributed by atoms with Gasteiger partial charge in [-0.25, -0.2) is 4.68 Å². The van der Waals surface area contributed by atoms with Gasteiger partial charge in [-0.05, 0) is 110 Å². The predicted molar refractivity (Wildman–Crippen MR) is 141 cm³/mol. The Labute approximate surface area is 213 Å². The van der Waals surface area contributed by atoms with E-state index in [1.54, 1.807) is 0 Å². The van der Waals surface area contributed by atoms with Gasteiger partial charge in [0.1, 0.15) is 0 Å². The molecule has 2 N–H and O–H groups in total. The van der Waals surface area contributed by atoms with E-state index < -0.39 is 0 Å². The number of hydrogen-bond donors (Lipinski definition) is 2. The number of para-hydroxylation sites is 1. The fraction of sp³-hybridized carbons (Fsp3) is 0.643. The summed E-state index contributed by atoms with van der Waals surface area (Å²) in [5.74, 6) is 3.27. The van der Waals surface area contributed by atoms with E-state index in [0.29, 0.717) is 28.2 Å². The Morgan fingerprint density at radius 3 is 2.71 bits per heavy atom. The van der Waals surface area contributed by atoms with E-state index in [1.165, 1.54) is 43.4 Å². The minimum absolute atomic E-state index is 0.0839. The molecule has 3 fully saturated rings. The average Bonchev–Trinajstić information content (AvgIpc) is 3.34. The van der Waals surface area contributed by atoms with Gasteiger partial charge >= 0.3 is 0 Å². The van der Waals surface area contributed by atoms with Crippen LogP contribution in [0.1, 0.15) is 75.7 Å². The first-order valence-corrected chi connectivity index (χ1v) is 14.0. The van der Waals surface area contributed by atoms with Crippen molar-refractivity contribution < 1.29 is 5.11 Å². The summed E-state index contributed by atoms with van der Waals surface area (Å²) in [5.41, 5.74) is 5.12. The largest absolute Gasteiger partial charge is 0.393 e. The molecule has 0 unspecified atom stereocenters. The highest BCUT2D eigenvalue weighted by Crippen LogP contribution is 2.65. The number of fused-ring (bicyclic) bond motifs is 7. The normalized spacial score (nSPS) is 38.4. The van der Waals surface area contributed by atoms with Crippen LogP contribution in [-0.2, 0) is 17.7 Å². The van der Waals surface area contributed by atoms with Crippen LogP contribution >= 0.6 is 23.8 Å². The van der Waals surface area contributed by atoms with Crippen LogP contribution in [-0.4, -0.2) is 26.1 Å². The molecule has 0 bridgehead atoms. The Morgan fingerprint density at radius 2 is 1.94 bits per heavy atom. The summed E-state index contributed by atoms with van der Waals surface area (Å²) in [6.07, 6.45) is 9.20. The van der Waals surface area contributed by atoms with Gasteiger partial charge in [-0.2, -0.15) is 5.10 Å². The number of thiocarbonyl (C=S) groups is 1. The second kappa shape index (κ2) is 8.31. The third kappa shape index (κ3) is 3.33.